The summed E-state index contributed by atoms with van der Waals surface area (Å²) in [6.45, 7) is 2.56. The van der Waals surface area contributed by atoms with Gasteiger partial charge >= 0.3 is 0 Å². The fourth-order valence-electron chi connectivity index (χ4n) is 2.58. The Morgan fingerprint density at radius 2 is 2.14 bits per heavy atom. The Morgan fingerprint density at radius 1 is 1.38 bits per heavy atom. The molecular weight excluding hydrogens is 294 g/mol. The van der Waals surface area contributed by atoms with Crippen molar-refractivity contribution in [2.75, 3.05) is 18.6 Å². The van der Waals surface area contributed by atoms with Crippen LogP contribution in [0.1, 0.15) is 31.5 Å². The summed E-state index contributed by atoms with van der Waals surface area (Å²) in [7, 11) is 0. The summed E-state index contributed by atoms with van der Waals surface area (Å²) in [5, 5.41) is 3.18. The molecule has 1 aromatic carbocycles. The van der Waals surface area contributed by atoms with E-state index in [0.29, 0.717) is 18.5 Å². The molecule has 0 saturated carbocycles. The third-order valence-corrected chi connectivity index (χ3v) is 4.21. The normalized spacial score (nSPS) is 22.1. The van der Waals surface area contributed by atoms with Gasteiger partial charge in [-0.1, -0.05) is 13.3 Å². The van der Waals surface area contributed by atoms with Gasteiger partial charge in [-0.3, -0.25) is 10.1 Å². The number of amides is 1. The van der Waals surface area contributed by atoms with E-state index in [-0.39, 0.29) is 11.9 Å². The summed E-state index contributed by atoms with van der Waals surface area (Å²) in [5.41, 5.74) is 0.324. The second kappa shape index (κ2) is 7.22. The van der Waals surface area contributed by atoms with Crippen LogP contribution >= 0.6 is 11.8 Å². The zero-order valence-electron chi connectivity index (χ0n) is 12.2. The van der Waals surface area contributed by atoms with Gasteiger partial charge in [-0.15, -0.1) is 0 Å². The van der Waals surface area contributed by atoms with Gasteiger partial charge in [0.05, 0.1) is 6.04 Å². The first kappa shape index (κ1) is 16.2. The molecule has 1 N–H and O–H groups in total. The summed E-state index contributed by atoms with van der Waals surface area (Å²) in [4.78, 5) is 14.1. The van der Waals surface area contributed by atoms with Crippen molar-refractivity contribution in [1.29, 1.82) is 0 Å². The zero-order valence-corrected chi connectivity index (χ0v) is 13.1. The third kappa shape index (κ3) is 3.55. The minimum absolute atomic E-state index is 0.000347. The average Bonchev–Trinajstić information content (AvgIpc) is 2.74. The monoisotopic (exact) mass is 314 g/mol. The third-order valence-electron chi connectivity index (χ3n) is 3.62. The van der Waals surface area contributed by atoms with Crippen molar-refractivity contribution in [2.24, 2.45) is 0 Å². The summed E-state index contributed by atoms with van der Waals surface area (Å²) >= 11 is 1.63. The molecule has 1 aromatic rings. The Morgan fingerprint density at radius 3 is 2.76 bits per heavy atom. The topological polar surface area (TPSA) is 32.3 Å². The summed E-state index contributed by atoms with van der Waals surface area (Å²) in [6.07, 6.45) is 3.04. The first-order valence-corrected chi connectivity index (χ1v) is 8.48. The predicted octanol–water partition coefficient (Wildman–Crippen LogP) is 2.93. The number of nitrogens with zero attached hydrogens (tertiary/aromatic N) is 1. The molecule has 0 radical (unpaired) electrons. The van der Waals surface area contributed by atoms with Crippen LogP contribution in [0.5, 0.6) is 0 Å². The van der Waals surface area contributed by atoms with E-state index in [4.69, 9.17) is 0 Å². The molecule has 1 amide bonds. The van der Waals surface area contributed by atoms with Crippen molar-refractivity contribution in [3.05, 3.63) is 35.4 Å². The Balaban J connectivity index is 2.27. The number of thioether (sulfide) groups is 1. The van der Waals surface area contributed by atoms with Gasteiger partial charge in [0.1, 0.15) is 17.8 Å². The van der Waals surface area contributed by atoms with Crippen LogP contribution in [0.3, 0.4) is 0 Å². The molecule has 1 aliphatic rings. The highest BCUT2D eigenvalue weighted by molar-refractivity contribution is 7.98. The average molecular weight is 314 g/mol. The highest BCUT2D eigenvalue weighted by atomic mass is 32.2. The first-order valence-electron chi connectivity index (χ1n) is 7.09. The number of hydrogen-bond acceptors (Lipinski definition) is 3. The first-order chi connectivity index (χ1) is 10.1. The lowest BCUT2D eigenvalue weighted by molar-refractivity contribution is -0.130. The van der Waals surface area contributed by atoms with Gasteiger partial charge in [-0.2, -0.15) is 11.8 Å². The van der Waals surface area contributed by atoms with Crippen LogP contribution in [0, 0.1) is 11.6 Å². The fraction of sp³-hybridized carbons (Fsp3) is 0.533. The number of halogens is 2. The summed E-state index contributed by atoms with van der Waals surface area (Å²) in [5.74, 6) is -0.446. The van der Waals surface area contributed by atoms with E-state index in [1.807, 2.05) is 13.2 Å². The Kier molecular flexibility index (Phi) is 5.58. The van der Waals surface area contributed by atoms with Crippen molar-refractivity contribution < 1.29 is 13.6 Å². The molecule has 6 heteroatoms. The molecule has 0 aromatic heterocycles. The Hall–Kier alpha value is -1.14. The maximum Gasteiger partial charge on any atom is 0.241 e. The van der Waals surface area contributed by atoms with Crippen molar-refractivity contribution in [3.63, 3.8) is 0 Å². The molecule has 116 valence electrons. The lowest BCUT2D eigenvalue weighted by atomic mass is 10.1. The molecule has 2 atom stereocenters. The number of hydrogen-bond donors (Lipinski definition) is 1. The van der Waals surface area contributed by atoms with Crippen molar-refractivity contribution in [1.82, 2.24) is 10.2 Å². The van der Waals surface area contributed by atoms with E-state index in [2.05, 4.69) is 5.32 Å². The number of carbonyl (C=O) groups excluding carboxylic acids is 1. The predicted molar refractivity (Wildman–Crippen MR) is 81.0 cm³/mol. The lowest BCUT2D eigenvalue weighted by Crippen LogP contribution is -2.33. The smallest absolute Gasteiger partial charge is 0.241 e. The summed E-state index contributed by atoms with van der Waals surface area (Å²) in [6, 6.07) is 3.22. The molecule has 1 heterocycles. The van der Waals surface area contributed by atoms with Crippen molar-refractivity contribution in [3.8, 4) is 0 Å². The molecule has 1 saturated heterocycles. The largest absolute Gasteiger partial charge is 0.321 e. The SMILES string of the molecule is CCCC1NC(c2ccc(F)cc2F)N(CCSC)C1=O. The number of nitrogens with one attached hydrogen (secondary N) is 1. The standard InChI is InChI=1S/C15H20F2N2OS/c1-3-4-13-15(20)19(7-8-21-2)14(18-13)11-6-5-10(16)9-12(11)17/h5-6,9,13-14,18H,3-4,7-8H2,1-2H3. The minimum atomic E-state index is -0.619. The molecule has 3 nitrogen and oxygen atoms in total. The van der Waals surface area contributed by atoms with Gasteiger partial charge in [0.25, 0.3) is 0 Å². The van der Waals surface area contributed by atoms with Crippen LogP contribution in [-0.2, 0) is 4.79 Å². The molecule has 1 aliphatic heterocycles. The van der Waals surface area contributed by atoms with Gasteiger partial charge in [0, 0.05) is 23.9 Å². The molecule has 0 bridgehead atoms. The lowest BCUT2D eigenvalue weighted by Gasteiger charge is -2.24. The van der Waals surface area contributed by atoms with Crippen LogP contribution in [0.15, 0.2) is 18.2 Å². The molecule has 2 rings (SSSR count). The quantitative estimate of drug-likeness (QED) is 0.876. The molecule has 21 heavy (non-hydrogen) atoms. The molecule has 1 fully saturated rings. The second-order valence-electron chi connectivity index (χ2n) is 5.10. The van der Waals surface area contributed by atoms with Crippen LogP contribution < -0.4 is 5.32 Å². The van der Waals surface area contributed by atoms with E-state index in [0.717, 1.165) is 18.2 Å². The van der Waals surface area contributed by atoms with Gasteiger partial charge in [0.15, 0.2) is 0 Å². The summed E-state index contributed by atoms with van der Waals surface area (Å²) < 4.78 is 27.1. The van der Waals surface area contributed by atoms with Crippen LogP contribution in [0.4, 0.5) is 8.78 Å². The maximum atomic E-state index is 14.0. The van der Waals surface area contributed by atoms with Crippen LogP contribution in [0.25, 0.3) is 0 Å². The van der Waals surface area contributed by atoms with Gasteiger partial charge in [-0.25, -0.2) is 8.78 Å². The van der Waals surface area contributed by atoms with Crippen LogP contribution in [0.2, 0.25) is 0 Å². The minimum Gasteiger partial charge on any atom is -0.321 e. The number of benzene rings is 1. The molecule has 0 aliphatic carbocycles. The Bertz CT molecular complexity index is 512. The fourth-order valence-corrected chi connectivity index (χ4v) is 2.96. The maximum absolute atomic E-state index is 14.0. The molecule has 0 spiro atoms. The second-order valence-corrected chi connectivity index (χ2v) is 6.09. The van der Waals surface area contributed by atoms with Gasteiger partial charge < -0.3 is 4.90 Å². The van der Waals surface area contributed by atoms with Gasteiger partial charge in [0.2, 0.25) is 5.91 Å². The zero-order chi connectivity index (χ0) is 15.4. The van der Waals surface area contributed by atoms with Gasteiger partial charge in [-0.05, 0) is 24.8 Å². The molecule has 2 unspecified atom stereocenters. The van der Waals surface area contributed by atoms with Crippen molar-refractivity contribution in [2.45, 2.75) is 32.0 Å². The molecular formula is C15H20F2N2OS. The Labute approximate surface area is 128 Å². The number of rotatable bonds is 6. The van der Waals surface area contributed by atoms with E-state index >= 15 is 0 Å². The number of carbonyl (C=O) groups is 1. The highest BCUT2D eigenvalue weighted by Crippen LogP contribution is 2.29. The van der Waals surface area contributed by atoms with E-state index in [9.17, 15) is 13.6 Å². The highest BCUT2D eigenvalue weighted by Gasteiger charge is 2.39. The van der Waals surface area contributed by atoms with E-state index in [1.165, 1.54) is 12.1 Å². The van der Waals surface area contributed by atoms with Crippen LogP contribution in [-0.4, -0.2) is 35.4 Å². The van der Waals surface area contributed by atoms with E-state index < -0.39 is 17.8 Å². The van der Waals surface area contributed by atoms with E-state index in [1.54, 1.807) is 16.7 Å². The van der Waals surface area contributed by atoms with Crippen molar-refractivity contribution >= 4 is 17.7 Å².